The summed E-state index contributed by atoms with van der Waals surface area (Å²) in [5.74, 6) is -0.421. The summed E-state index contributed by atoms with van der Waals surface area (Å²) in [7, 11) is 0. The van der Waals surface area contributed by atoms with E-state index in [1.54, 1.807) is 6.92 Å². The summed E-state index contributed by atoms with van der Waals surface area (Å²) in [4.78, 5) is 11.3. The van der Waals surface area contributed by atoms with E-state index < -0.39 is 12.2 Å². The molecule has 6 heteroatoms. The lowest BCUT2D eigenvalue weighted by molar-refractivity contribution is 0.0527. The fourth-order valence-corrected chi connectivity index (χ4v) is 1.04. The predicted octanol–water partition coefficient (Wildman–Crippen LogP) is 0.153. The molecule has 3 N–H and O–H groups in total. The Morgan fingerprint density at radius 2 is 2.50 bits per heavy atom. The monoisotopic (exact) mass is 199 g/mol. The number of carbonyl (C=O) groups is 1. The molecule has 0 saturated carbocycles. The highest BCUT2D eigenvalue weighted by Crippen LogP contribution is 2.15. The fraction of sp³-hybridized carbons (Fsp3) is 0.500. The van der Waals surface area contributed by atoms with Gasteiger partial charge in [-0.25, -0.2) is 9.48 Å². The van der Waals surface area contributed by atoms with Crippen LogP contribution in [-0.2, 0) is 4.74 Å². The van der Waals surface area contributed by atoms with Crippen LogP contribution < -0.4 is 5.73 Å². The maximum atomic E-state index is 11.3. The van der Waals surface area contributed by atoms with Gasteiger partial charge < -0.3 is 15.6 Å². The van der Waals surface area contributed by atoms with E-state index in [-0.39, 0.29) is 18.0 Å². The van der Waals surface area contributed by atoms with Crippen LogP contribution in [-0.4, -0.2) is 27.5 Å². The van der Waals surface area contributed by atoms with E-state index in [0.29, 0.717) is 0 Å². The Kier molecular flexibility index (Phi) is 3.08. The van der Waals surface area contributed by atoms with Crippen LogP contribution >= 0.6 is 0 Å². The third kappa shape index (κ3) is 1.85. The molecule has 1 rings (SSSR count). The molecular weight excluding hydrogens is 186 g/mol. The van der Waals surface area contributed by atoms with Gasteiger partial charge in [0.05, 0.1) is 12.8 Å². The lowest BCUT2D eigenvalue weighted by Crippen LogP contribution is -2.12. The quantitative estimate of drug-likeness (QED) is 0.676. The lowest BCUT2D eigenvalue weighted by atomic mass is 10.3. The number of nitrogens with two attached hydrogens (primary N) is 1. The van der Waals surface area contributed by atoms with Gasteiger partial charge >= 0.3 is 5.97 Å². The molecule has 0 aliphatic rings. The Morgan fingerprint density at radius 1 is 1.86 bits per heavy atom. The minimum absolute atomic E-state index is 0.110. The van der Waals surface area contributed by atoms with Gasteiger partial charge in [-0.1, -0.05) is 0 Å². The Labute approximate surface area is 81.3 Å². The van der Waals surface area contributed by atoms with Gasteiger partial charge in [0.25, 0.3) is 0 Å². The van der Waals surface area contributed by atoms with Crippen LogP contribution in [0.15, 0.2) is 6.20 Å². The molecule has 0 aromatic carbocycles. The van der Waals surface area contributed by atoms with E-state index in [1.807, 2.05) is 0 Å². The Bertz CT molecular complexity index is 333. The van der Waals surface area contributed by atoms with Gasteiger partial charge in [0.15, 0.2) is 0 Å². The highest BCUT2D eigenvalue weighted by molar-refractivity contribution is 5.93. The summed E-state index contributed by atoms with van der Waals surface area (Å²) in [5.41, 5.74) is 5.75. The summed E-state index contributed by atoms with van der Waals surface area (Å²) in [5, 5.41) is 13.0. The van der Waals surface area contributed by atoms with Gasteiger partial charge in [0.2, 0.25) is 0 Å². The van der Waals surface area contributed by atoms with Gasteiger partial charge in [-0.2, -0.15) is 5.10 Å². The molecule has 0 saturated heterocycles. The van der Waals surface area contributed by atoms with Crippen LogP contribution in [0.25, 0.3) is 0 Å². The highest BCUT2D eigenvalue weighted by Gasteiger charge is 2.17. The van der Waals surface area contributed by atoms with Crippen molar-refractivity contribution < 1.29 is 14.6 Å². The number of esters is 1. The number of nitrogens with zero attached hydrogens (tertiary/aromatic N) is 2. The molecule has 78 valence electrons. The normalized spacial score (nSPS) is 12.5. The second-order valence-corrected chi connectivity index (χ2v) is 2.74. The Morgan fingerprint density at radius 3 is 2.93 bits per heavy atom. The zero-order valence-corrected chi connectivity index (χ0v) is 8.10. The maximum Gasteiger partial charge on any atom is 0.343 e. The largest absolute Gasteiger partial charge is 0.462 e. The zero-order valence-electron chi connectivity index (χ0n) is 8.10. The highest BCUT2D eigenvalue weighted by atomic mass is 16.5. The molecule has 1 aromatic rings. The summed E-state index contributed by atoms with van der Waals surface area (Å²) in [6.07, 6.45) is 0.415. The number of rotatable bonds is 3. The molecule has 0 fully saturated rings. The zero-order chi connectivity index (χ0) is 10.7. The van der Waals surface area contributed by atoms with Crippen LogP contribution in [0.4, 0.5) is 5.82 Å². The first kappa shape index (κ1) is 10.5. The van der Waals surface area contributed by atoms with Crippen LogP contribution in [0.1, 0.15) is 30.4 Å². The van der Waals surface area contributed by atoms with Crippen LogP contribution in [0.5, 0.6) is 0 Å². The molecule has 0 amide bonds. The smallest absolute Gasteiger partial charge is 0.343 e. The second-order valence-electron chi connectivity index (χ2n) is 2.74. The number of aliphatic hydroxyl groups is 1. The SMILES string of the molecule is CCOC(=O)c1cnn(C(C)O)c1N. The molecule has 0 aliphatic carbocycles. The standard InChI is InChI=1S/C8H13N3O3/c1-3-14-8(13)6-4-10-11(5(2)12)7(6)9/h4-5,12H,3,9H2,1-2H3. The number of aromatic nitrogens is 2. The van der Waals surface area contributed by atoms with Crippen molar-refractivity contribution in [1.82, 2.24) is 9.78 Å². The minimum atomic E-state index is -0.863. The molecule has 1 aromatic heterocycles. The van der Waals surface area contributed by atoms with E-state index in [2.05, 4.69) is 5.10 Å². The molecule has 0 radical (unpaired) electrons. The van der Waals surface area contributed by atoms with Crippen molar-refractivity contribution in [2.24, 2.45) is 0 Å². The summed E-state index contributed by atoms with van der Waals surface area (Å²) in [6.45, 7) is 3.48. The average Bonchev–Trinajstić information content (AvgIpc) is 2.47. The Balaban J connectivity index is 2.95. The van der Waals surface area contributed by atoms with Gasteiger partial charge in [0, 0.05) is 0 Å². The van der Waals surface area contributed by atoms with Gasteiger partial charge in [-0.3, -0.25) is 0 Å². The van der Waals surface area contributed by atoms with Gasteiger partial charge in [-0.15, -0.1) is 0 Å². The van der Waals surface area contributed by atoms with E-state index in [1.165, 1.54) is 13.1 Å². The van der Waals surface area contributed by atoms with Crippen molar-refractivity contribution in [3.05, 3.63) is 11.8 Å². The van der Waals surface area contributed by atoms with Crippen LogP contribution in [0.2, 0.25) is 0 Å². The van der Waals surface area contributed by atoms with Crippen LogP contribution in [0.3, 0.4) is 0 Å². The second kappa shape index (κ2) is 4.10. The molecule has 0 bridgehead atoms. The van der Waals surface area contributed by atoms with E-state index in [9.17, 15) is 9.90 Å². The van der Waals surface area contributed by atoms with Crippen molar-refractivity contribution in [2.75, 3.05) is 12.3 Å². The molecule has 1 heterocycles. The number of carbonyl (C=O) groups excluding carboxylic acids is 1. The van der Waals surface area contributed by atoms with E-state index >= 15 is 0 Å². The van der Waals surface area contributed by atoms with Crippen molar-refractivity contribution in [1.29, 1.82) is 0 Å². The first-order valence-corrected chi connectivity index (χ1v) is 4.26. The Hall–Kier alpha value is -1.56. The molecule has 0 spiro atoms. The van der Waals surface area contributed by atoms with Crippen LogP contribution in [0, 0.1) is 0 Å². The van der Waals surface area contributed by atoms with Crippen molar-refractivity contribution in [3.63, 3.8) is 0 Å². The summed E-state index contributed by atoms with van der Waals surface area (Å²) < 4.78 is 5.89. The number of hydrogen-bond donors (Lipinski definition) is 2. The van der Waals surface area contributed by atoms with Gasteiger partial charge in [0.1, 0.15) is 17.6 Å². The van der Waals surface area contributed by atoms with Crippen molar-refractivity contribution >= 4 is 11.8 Å². The first-order valence-electron chi connectivity index (χ1n) is 4.26. The van der Waals surface area contributed by atoms with E-state index in [0.717, 1.165) is 4.68 Å². The average molecular weight is 199 g/mol. The first-order chi connectivity index (χ1) is 6.57. The number of hydrogen-bond acceptors (Lipinski definition) is 5. The maximum absolute atomic E-state index is 11.3. The van der Waals surface area contributed by atoms with Crippen molar-refractivity contribution in [2.45, 2.75) is 20.1 Å². The lowest BCUT2D eigenvalue weighted by Gasteiger charge is -2.06. The van der Waals surface area contributed by atoms with Gasteiger partial charge in [-0.05, 0) is 13.8 Å². The molecule has 14 heavy (non-hydrogen) atoms. The molecule has 0 aliphatic heterocycles. The predicted molar refractivity (Wildman–Crippen MR) is 49.5 cm³/mol. The number of aliphatic hydroxyl groups excluding tert-OH is 1. The number of nitrogen functional groups attached to an aromatic ring is 1. The topological polar surface area (TPSA) is 90.4 Å². The number of ether oxygens (including phenoxy) is 1. The third-order valence-electron chi connectivity index (χ3n) is 1.68. The van der Waals surface area contributed by atoms with E-state index in [4.69, 9.17) is 10.5 Å². The molecule has 6 nitrogen and oxygen atoms in total. The molecular formula is C8H13N3O3. The molecule has 1 atom stereocenters. The third-order valence-corrected chi connectivity index (χ3v) is 1.68. The molecule has 1 unspecified atom stereocenters. The summed E-state index contributed by atoms with van der Waals surface area (Å²) in [6, 6.07) is 0. The summed E-state index contributed by atoms with van der Waals surface area (Å²) >= 11 is 0. The minimum Gasteiger partial charge on any atom is -0.462 e. The fourth-order valence-electron chi connectivity index (χ4n) is 1.04. The van der Waals surface area contributed by atoms with Crippen molar-refractivity contribution in [3.8, 4) is 0 Å². The number of anilines is 1.